The van der Waals surface area contributed by atoms with Crippen LogP contribution in [0.4, 0.5) is 0 Å². The number of nitrogens with one attached hydrogen (secondary N) is 2. The highest BCUT2D eigenvalue weighted by Gasteiger charge is 2.12. The van der Waals surface area contributed by atoms with Crippen molar-refractivity contribution in [3.8, 4) is 0 Å². The molecular weight excluding hydrogens is 196 g/mol. The van der Waals surface area contributed by atoms with E-state index in [-0.39, 0.29) is 5.91 Å². The van der Waals surface area contributed by atoms with Crippen LogP contribution in [0, 0.1) is 5.92 Å². The number of piperidine rings is 1. The van der Waals surface area contributed by atoms with Gasteiger partial charge in [0, 0.05) is 6.54 Å². The standard InChI is InChI=1S/C10H20N2OS/c1-14-8-10(13)12-6-4-9-3-2-5-11-7-9/h9,11H,2-8H2,1H3,(H,12,13). The van der Waals surface area contributed by atoms with E-state index in [1.165, 1.54) is 12.8 Å². The van der Waals surface area contributed by atoms with Crippen LogP contribution in [0.25, 0.3) is 0 Å². The van der Waals surface area contributed by atoms with Crippen molar-refractivity contribution in [2.45, 2.75) is 19.3 Å². The summed E-state index contributed by atoms with van der Waals surface area (Å²) in [5.74, 6) is 1.52. The molecule has 1 fully saturated rings. The van der Waals surface area contributed by atoms with Gasteiger partial charge in [-0.05, 0) is 44.5 Å². The van der Waals surface area contributed by atoms with Crippen molar-refractivity contribution >= 4 is 17.7 Å². The zero-order valence-electron chi connectivity index (χ0n) is 8.84. The molecule has 1 saturated heterocycles. The smallest absolute Gasteiger partial charge is 0.229 e. The van der Waals surface area contributed by atoms with Gasteiger partial charge in [0.1, 0.15) is 0 Å². The fourth-order valence-electron chi connectivity index (χ4n) is 1.77. The minimum atomic E-state index is 0.168. The lowest BCUT2D eigenvalue weighted by molar-refractivity contribution is -0.118. The lowest BCUT2D eigenvalue weighted by atomic mass is 9.96. The van der Waals surface area contributed by atoms with Gasteiger partial charge in [0.25, 0.3) is 0 Å². The Morgan fingerprint density at radius 1 is 1.64 bits per heavy atom. The minimum absolute atomic E-state index is 0.168. The van der Waals surface area contributed by atoms with Gasteiger partial charge in [-0.25, -0.2) is 0 Å². The summed E-state index contributed by atoms with van der Waals surface area (Å²) in [7, 11) is 0. The Labute approximate surface area is 90.4 Å². The second-order valence-corrected chi connectivity index (χ2v) is 4.65. The zero-order chi connectivity index (χ0) is 10.2. The summed E-state index contributed by atoms with van der Waals surface area (Å²) in [5.41, 5.74) is 0. The zero-order valence-corrected chi connectivity index (χ0v) is 9.66. The molecule has 0 aromatic rings. The van der Waals surface area contributed by atoms with Crippen LogP contribution in [0.1, 0.15) is 19.3 Å². The highest BCUT2D eigenvalue weighted by molar-refractivity contribution is 7.99. The van der Waals surface area contributed by atoms with Crippen LogP contribution in [0.3, 0.4) is 0 Å². The number of amides is 1. The third-order valence-electron chi connectivity index (χ3n) is 2.55. The molecule has 1 heterocycles. The van der Waals surface area contributed by atoms with E-state index < -0.39 is 0 Å². The highest BCUT2D eigenvalue weighted by atomic mass is 32.2. The Morgan fingerprint density at radius 3 is 3.14 bits per heavy atom. The largest absolute Gasteiger partial charge is 0.355 e. The molecule has 2 N–H and O–H groups in total. The van der Waals surface area contributed by atoms with Crippen molar-refractivity contribution in [2.75, 3.05) is 31.6 Å². The van der Waals surface area contributed by atoms with Crippen molar-refractivity contribution in [2.24, 2.45) is 5.92 Å². The van der Waals surface area contributed by atoms with E-state index in [1.54, 1.807) is 11.8 Å². The monoisotopic (exact) mass is 216 g/mol. The van der Waals surface area contributed by atoms with Gasteiger partial charge in [-0.3, -0.25) is 4.79 Å². The quantitative estimate of drug-likeness (QED) is 0.716. The third-order valence-corrected chi connectivity index (χ3v) is 3.10. The van der Waals surface area contributed by atoms with Gasteiger partial charge < -0.3 is 10.6 Å². The molecule has 0 aromatic carbocycles. The third kappa shape index (κ3) is 4.86. The second kappa shape index (κ2) is 7.12. The van der Waals surface area contributed by atoms with E-state index >= 15 is 0 Å². The van der Waals surface area contributed by atoms with E-state index in [0.29, 0.717) is 5.75 Å². The molecule has 0 radical (unpaired) electrons. The summed E-state index contributed by atoms with van der Waals surface area (Å²) in [6.45, 7) is 3.12. The van der Waals surface area contributed by atoms with Gasteiger partial charge in [-0.15, -0.1) is 0 Å². The Balaban J connectivity index is 1.99. The SMILES string of the molecule is CSCC(=O)NCCC1CCCNC1. The van der Waals surface area contributed by atoms with E-state index in [0.717, 1.165) is 32.0 Å². The van der Waals surface area contributed by atoms with Gasteiger partial charge in [0.05, 0.1) is 5.75 Å². The minimum Gasteiger partial charge on any atom is -0.355 e. The van der Waals surface area contributed by atoms with Crippen molar-refractivity contribution in [3.05, 3.63) is 0 Å². The average molecular weight is 216 g/mol. The lowest BCUT2D eigenvalue weighted by Gasteiger charge is -2.22. The maximum absolute atomic E-state index is 11.1. The van der Waals surface area contributed by atoms with Gasteiger partial charge in [-0.2, -0.15) is 11.8 Å². The first-order valence-electron chi connectivity index (χ1n) is 5.29. The van der Waals surface area contributed by atoms with Crippen molar-refractivity contribution in [1.82, 2.24) is 10.6 Å². The molecule has 0 aliphatic carbocycles. The van der Waals surface area contributed by atoms with Crippen LogP contribution in [-0.4, -0.2) is 37.6 Å². The van der Waals surface area contributed by atoms with Gasteiger partial charge in [-0.1, -0.05) is 0 Å². The molecule has 1 unspecified atom stereocenters. The molecule has 4 heteroatoms. The normalized spacial score (nSPS) is 21.9. The lowest BCUT2D eigenvalue weighted by Crippen LogP contribution is -2.33. The van der Waals surface area contributed by atoms with Gasteiger partial charge >= 0.3 is 0 Å². The molecule has 14 heavy (non-hydrogen) atoms. The molecule has 82 valence electrons. The number of thioether (sulfide) groups is 1. The van der Waals surface area contributed by atoms with Crippen LogP contribution < -0.4 is 10.6 Å². The van der Waals surface area contributed by atoms with E-state index in [9.17, 15) is 4.79 Å². The fraction of sp³-hybridized carbons (Fsp3) is 0.900. The molecule has 1 aliphatic heterocycles. The molecule has 0 spiro atoms. The molecule has 0 aromatic heterocycles. The Morgan fingerprint density at radius 2 is 2.50 bits per heavy atom. The number of rotatable bonds is 5. The number of hydrogen-bond donors (Lipinski definition) is 2. The van der Waals surface area contributed by atoms with Crippen LogP contribution in [-0.2, 0) is 4.79 Å². The average Bonchev–Trinajstić information content (AvgIpc) is 2.20. The number of carbonyl (C=O) groups excluding carboxylic acids is 1. The maximum Gasteiger partial charge on any atom is 0.229 e. The summed E-state index contributed by atoms with van der Waals surface area (Å²) in [6.07, 6.45) is 5.66. The van der Waals surface area contributed by atoms with Crippen LogP contribution in [0.15, 0.2) is 0 Å². The first-order valence-corrected chi connectivity index (χ1v) is 6.68. The number of hydrogen-bond acceptors (Lipinski definition) is 3. The van der Waals surface area contributed by atoms with E-state index in [1.807, 2.05) is 6.26 Å². The molecule has 3 nitrogen and oxygen atoms in total. The van der Waals surface area contributed by atoms with Crippen LogP contribution >= 0.6 is 11.8 Å². The summed E-state index contributed by atoms with van der Waals surface area (Å²) >= 11 is 1.57. The summed E-state index contributed by atoms with van der Waals surface area (Å²) in [4.78, 5) is 11.1. The first-order chi connectivity index (χ1) is 6.83. The van der Waals surface area contributed by atoms with Crippen LogP contribution in [0.2, 0.25) is 0 Å². The highest BCUT2D eigenvalue weighted by Crippen LogP contribution is 2.12. The molecule has 0 bridgehead atoms. The van der Waals surface area contributed by atoms with E-state index in [4.69, 9.17) is 0 Å². The number of carbonyl (C=O) groups is 1. The predicted molar refractivity (Wildman–Crippen MR) is 61.6 cm³/mol. The molecule has 1 amide bonds. The summed E-state index contributed by atoms with van der Waals surface area (Å²) in [5, 5.41) is 6.32. The molecule has 1 rings (SSSR count). The summed E-state index contributed by atoms with van der Waals surface area (Å²) in [6, 6.07) is 0. The molecule has 1 aliphatic rings. The summed E-state index contributed by atoms with van der Waals surface area (Å²) < 4.78 is 0. The Kier molecular flexibility index (Phi) is 6.03. The fourth-order valence-corrected chi connectivity index (χ4v) is 2.13. The van der Waals surface area contributed by atoms with Crippen molar-refractivity contribution in [3.63, 3.8) is 0 Å². The molecular formula is C10H20N2OS. The van der Waals surface area contributed by atoms with Crippen LogP contribution in [0.5, 0.6) is 0 Å². The molecule has 0 saturated carbocycles. The van der Waals surface area contributed by atoms with Crippen molar-refractivity contribution < 1.29 is 4.79 Å². The Hall–Kier alpha value is -0.220. The van der Waals surface area contributed by atoms with Gasteiger partial charge in [0.2, 0.25) is 5.91 Å². The second-order valence-electron chi connectivity index (χ2n) is 3.78. The Bertz CT molecular complexity index is 170. The molecule has 1 atom stereocenters. The van der Waals surface area contributed by atoms with E-state index in [2.05, 4.69) is 10.6 Å². The van der Waals surface area contributed by atoms with Crippen molar-refractivity contribution in [1.29, 1.82) is 0 Å². The predicted octanol–water partition coefficient (Wildman–Crippen LogP) is 0.855. The first kappa shape index (κ1) is 11.9. The van der Waals surface area contributed by atoms with Gasteiger partial charge in [0.15, 0.2) is 0 Å². The maximum atomic E-state index is 11.1. The topological polar surface area (TPSA) is 41.1 Å².